The predicted octanol–water partition coefficient (Wildman–Crippen LogP) is 1.16. The zero-order chi connectivity index (χ0) is 16.2. The van der Waals surface area contributed by atoms with E-state index in [9.17, 15) is 13.2 Å². The number of hydrogen-bond acceptors (Lipinski definition) is 6. The highest BCUT2D eigenvalue weighted by Crippen LogP contribution is 2.35. The Bertz CT molecular complexity index is 624. The van der Waals surface area contributed by atoms with Crippen LogP contribution < -0.4 is 14.6 Å². The highest BCUT2D eigenvalue weighted by atomic mass is 32.2. The van der Waals surface area contributed by atoms with Gasteiger partial charge in [0.2, 0.25) is 10.0 Å². The quantitative estimate of drug-likeness (QED) is 0.789. The first-order chi connectivity index (χ1) is 9.72. The van der Waals surface area contributed by atoms with Gasteiger partial charge in [0.25, 0.3) is 0 Å². The molecule has 8 heteroatoms. The van der Waals surface area contributed by atoms with Crippen molar-refractivity contribution in [2.75, 3.05) is 20.8 Å². The number of primary sulfonamides is 1. The van der Waals surface area contributed by atoms with Crippen LogP contribution in [0.2, 0.25) is 0 Å². The molecular weight excluding hydrogens is 298 g/mol. The molecule has 1 aromatic carbocycles. The zero-order valence-corrected chi connectivity index (χ0v) is 13.2. The average molecular weight is 317 g/mol. The molecule has 0 bridgehead atoms. The van der Waals surface area contributed by atoms with Gasteiger partial charge in [-0.25, -0.2) is 18.4 Å². The van der Waals surface area contributed by atoms with Gasteiger partial charge in [-0.1, -0.05) is 13.8 Å². The van der Waals surface area contributed by atoms with Crippen molar-refractivity contribution in [3.05, 3.63) is 17.7 Å². The van der Waals surface area contributed by atoms with Gasteiger partial charge in [0.1, 0.15) is 16.2 Å². The van der Waals surface area contributed by atoms with E-state index in [1.807, 2.05) is 13.8 Å². The second-order valence-corrected chi connectivity index (χ2v) is 6.24. The van der Waals surface area contributed by atoms with Crippen LogP contribution in [0.25, 0.3) is 0 Å². The zero-order valence-electron chi connectivity index (χ0n) is 12.4. The summed E-state index contributed by atoms with van der Waals surface area (Å²) in [5.41, 5.74) is -0.104. The van der Waals surface area contributed by atoms with Crippen molar-refractivity contribution >= 4 is 16.0 Å². The van der Waals surface area contributed by atoms with E-state index >= 15 is 0 Å². The lowest BCUT2D eigenvalue weighted by molar-refractivity contribution is 0.0451. The van der Waals surface area contributed by atoms with Crippen LogP contribution in [-0.2, 0) is 14.8 Å². The third kappa shape index (κ3) is 4.08. The number of carbonyl (C=O) groups excluding carboxylic acids is 1. The van der Waals surface area contributed by atoms with Crippen molar-refractivity contribution < 1.29 is 27.4 Å². The molecule has 7 nitrogen and oxygen atoms in total. The normalized spacial score (nSPS) is 11.3. The average Bonchev–Trinajstić information content (AvgIpc) is 2.41. The van der Waals surface area contributed by atoms with E-state index in [0.29, 0.717) is 0 Å². The number of methoxy groups -OCH3 is 2. The van der Waals surface area contributed by atoms with E-state index < -0.39 is 16.0 Å². The lowest BCUT2D eigenvalue weighted by atomic mass is 10.1. The summed E-state index contributed by atoms with van der Waals surface area (Å²) >= 11 is 0. The maximum Gasteiger partial charge on any atom is 0.345 e. The summed E-state index contributed by atoms with van der Waals surface area (Å²) in [6, 6.07) is 2.54. The monoisotopic (exact) mass is 317 g/mol. The summed E-state index contributed by atoms with van der Waals surface area (Å²) < 4.78 is 38.3. The van der Waals surface area contributed by atoms with Crippen molar-refractivity contribution in [3.8, 4) is 11.5 Å². The predicted molar refractivity (Wildman–Crippen MR) is 76.0 cm³/mol. The minimum atomic E-state index is -4.05. The van der Waals surface area contributed by atoms with E-state index in [1.54, 1.807) is 0 Å². The topological polar surface area (TPSA) is 105 Å². The van der Waals surface area contributed by atoms with Crippen LogP contribution >= 0.6 is 0 Å². The highest BCUT2D eigenvalue weighted by Gasteiger charge is 2.27. The second-order valence-electron chi connectivity index (χ2n) is 4.71. The Balaban J connectivity index is 3.42. The van der Waals surface area contributed by atoms with Gasteiger partial charge >= 0.3 is 5.97 Å². The number of ether oxygens (including phenoxy) is 3. The Morgan fingerprint density at radius 3 is 2.29 bits per heavy atom. The molecule has 0 fully saturated rings. The van der Waals surface area contributed by atoms with Gasteiger partial charge in [-0.2, -0.15) is 0 Å². The van der Waals surface area contributed by atoms with Crippen molar-refractivity contribution in [2.24, 2.45) is 11.1 Å². The minimum absolute atomic E-state index is 0.104. The number of hydrogen-bond donors (Lipinski definition) is 1. The van der Waals surface area contributed by atoms with E-state index in [0.717, 1.165) is 0 Å². The maximum absolute atomic E-state index is 12.2. The molecule has 1 rings (SSSR count). The van der Waals surface area contributed by atoms with Crippen molar-refractivity contribution in [1.82, 2.24) is 0 Å². The first-order valence-corrected chi connectivity index (χ1v) is 7.71. The number of nitrogens with two attached hydrogens (primary N) is 1. The first kappa shape index (κ1) is 17.3. The number of benzene rings is 1. The largest absolute Gasteiger partial charge is 0.496 e. The molecule has 0 aliphatic rings. The molecule has 0 radical (unpaired) electrons. The SMILES string of the molecule is COc1ccc(S(N)(=O)=O)c(OC)c1C(=O)OCC(C)C. The number of carbonyl (C=O) groups is 1. The molecular formula is C13H19NO6S. The third-order valence-electron chi connectivity index (χ3n) is 2.57. The smallest absolute Gasteiger partial charge is 0.345 e. The Morgan fingerprint density at radius 2 is 1.86 bits per heavy atom. The Hall–Kier alpha value is -1.80. The van der Waals surface area contributed by atoms with E-state index in [4.69, 9.17) is 19.3 Å². The summed E-state index contributed by atoms with van der Waals surface area (Å²) in [6.07, 6.45) is 0. The van der Waals surface area contributed by atoms with Crippen LogP contribution in [0, 0.1) is 5.92 Å². The lowest BCUT2D eigenvalue weighted by Crippen LogP contribution is -2.17. The molecule has 0 aliphatic heterocycles. The summed E-state index contributed by atoms with van der Waals surface area (Å²) in [6.45, 7) is 3.94. The molecule has 0 unspecified atom stereocenters. The van der Waals surface area contributed by atoms with Gasteiger partial charge < -0.3 is 14.2 Å². The standard InChI is InChI=1S/C13H19NO6S/c1-8(2)7-20-13(15)11-9(18-3)5-6-10(12(11)19-4)21(14,16)17/h5-6,8H,7H2,1-4H3,(H2,14,16,17). The molecule has 1 aromatic rings. The van der Waals surface area contributed by atoms with Gasteiger partial charge in [-0.05, 0) is 18.1 Å². The molecule has 21 heavy (non-hydrogen) atoms. The van der Waals surface area contributed by atoms with Gasteiger partial charge in [0, 0.05) is 0 Å². The molecule has 0 amide bonds. The molecule has 0 saturated heterocycles. The van der Waals surface area contributed by atoms with Crippen LogP contribution in [0.1, 0.15) is 24.2 Å². The molecule has 0 atom stereocenters. The fraction of sp³-hybridized carbons (Fsp3) is 0.462. The van der Waals surface area contributed by atoms with Crippen LogP contribution in [0.15, 0.2) is 17.0 Å². The number of rotatable bonds is 6. The van der Waals surface area contributed by atoms with Crippen LogP contribution in [0.3, 0.4) is 0 Å². The second kappa shape index (κ2) is 6.77. The summed E-state index contributed by atoms with van der Waals surface area (Å²) in [7, 11) is -1.46. The minimum Gasteiger partial charge on any atom is -0.496 e. The van der Waals surface area contributed by atoms with Crippen LogP contribution in [-0.4, -0.2) is 35.2 Å². The van der Waals surface area contributed by atoms with Gasteiger partial charge in [0.15, 0.2) is 5.75 Å². The summed E-state index contributed by atoms with van der Waals surface area (Å²) in [4.78, 5) is 11.9. The Kier molecular flexibility index (Phi) is 5.56. The van der Waals surface area contributed by atoms with Crippen molar-refractivity contribution in [1.29, 1.82) is 0 Å². The Morgan fingerprint density at radius 1 is 1.24 bits per heavy atom. The Labute approximate surface area is 124 Å². The fourth-order valence-electron chi connectivity index (χ4n) is 1.65. The molecule has 2 N–H and O–H groups in total. The van der Waals surface area contributed by atoms with Gasteiger partial charge in [-0.3, -0.25) is 0 Å². The van der Waals surface area contributed by atoms with E-state index in [-0.39, 0.29) is 34.5 Å². The fourth-order valence-corrected chi connectivity index (χ4v) is 2.35. The van der Waals surface area contributed by atoms with Gasteiger partial charge in [-0.15, -0.1) is 0 Å². The summed E-state index contributed by atoms with van der Waals surface area (Å²) in [5, 5.41) is 5.12. The lowest BCUT2D eigenvalue weighted by Gasteiger charge is -2.15. The molecule has 0 aromatic heterocycles. The molecule has 0 heterocycles. The maximum atomic E-state index is 12.2. The molecule has 118 valence electrons. The number of sulfonamides is 1. The third-order valence-corrected chi connectivity index (χ3v) is 3.50. The van der Waals surface area contributed by atoms with Crippen LogP contribution in [0.5, 0.6) is 11.5 Å². The van der Waals surface area contributed by atoms with Crippen molar-refractivity contribution in [2.45, 2.75) is 18.7 Å². The first-order valence-electron chi connectivity index (χ1n) is 6.17. The van der Waals surface area contributed by atoms with Crippen molar-refractivity contribution in [3.63, 3.8) is 0 Å². The molecule has 0 spiro atoms. The van der Waals surface area contributed by atoms with Crippen LogP contribution in [0.4, 0.5) is 0 Å². The molecule has 0 aliphatic carbocycles. The van der Waals surface area contributed by atoms with E-state index in [1.165, 1.54) is 26.4 Å². The number of esters is 1. The molecule has 0 saturated carbocycles. The highest BCUT2D eigenvalue weighted by molar-refractivity contribution is 7.89. The van der Waals surface area contributed by atoms with E-state index in [2.05, 4.69) is 0 Å². The van der Waals surface area contributed by atoms with Gasteiger partial charge in [0.05, 0.1) is 20.8 Å². The summed E-state index contributed by atoms with van der Waals surface area (Å²) in [5.74, 6) is -0.645.